The molecule has 359 valence electrons. The molecule has 0 saturated heterocycles. The van der Waals surface area contributed by atoms with Gasteiger partial charge in [-0.2, -0.15) is 0 Å². The number of aliphatic hydroxyl groups excluding tert-OH is 1. The number of aromatic nitrogens is 2. The van der Waals surface area contributed by atoms with Gasteiger partial charge in [-0.15, -0.1) is 69.8 Å². The molecule has 67 heavy (non-hydrogen) atoms. The minimum atomic E-state index is -2.83. The molecule has 8 rings (SSSR count). The summed E-state index contributed by atoms with van der Waals surface area (Å²) in [6.07, 6.45) is 17.7. The number of hydrogen-bond acceptors (Lipinski definition) is 4. The van der Waals surface area contributed by atoms with Crippen LogP contribution in [0.25, 0.3) is 44.1 Å². The summed E-state index contributed by atoms with van der Waals surface area (Å²) >= 11 is 0. The summed E-state index contributed by atoms with van der Waals surface area (Å²) in [5, 5.41) is 14.1. The van der Waals surface area contributed by atoms with Crippen LogP contribution in [0.5, 0.6) is 0 Å². The third kappa shape index (κ3) is 15.0. The number of rotatable bonds is 12. The van der Waals surface area contributed by atoms with E-state index in [1.165, 1.54) is 97.2 Å². The first-order chi connectivity index (χ1) is 32.5. The topological polar surface area (TPSA) is 63.1 Å². The molecule has 4 aromatic carbocycles. The van der Waals surface area contributed by atoms with Crippen molar-refractivity contribution in [3.05, 3.63) is 142 Å². The number of nitrogens with zero attached hydrogens (tertiary/aromatic N) is 2. The van der Waals surface area contributed by atoms with Crippen LogP contribution >= 0.6 is 0 Å². The quantitative estimate of drug-likeness (QED) is 0.0754. The summed E-state index contributed by atoms with van der Waals surface area (Å²) in [7, 11) is 0. The van der Waals surface area contributed by atoms with E-state index in [0.29, 0.717) is 25.2 Å². The van der Waals surface area contributed by atoms with Crippen LogP contribution in [0.4, 0.5) is 8.78 Å². The molecule has 0 amide bonds. The van der Waals surface area contributed by atoms with Crippen molar-refractivity contribution in [1.29, 1.82) is 0 Å². The summed E-state index contributed by atoms with van der Waals surface area (Å²) in [5.74, 6) is -2.67. The Morgan fingerprint density at radius 3 is 1.67 bits per heavy atom. The van der Waals surface area contributed by atoms with Crippen molar-refractivity contribution in [2.24, 2.45) is 11.8 Å². The van der Waals surface area contributed by atoms with E-state index in [9.17, 15) is 18.7 Å². The first-order valence-electron chi connectivity index (χ1n) is 25.6. The van der Waals surface area contributed by atoms with Gasteiger partial charge in [-0.25, -0.2) is 8.78 Å². The number of pyridine rings is 2. The van der Waals surface area contributed by atoms with Crippen LogP contribution in [0.3, 0.4) is 0 Å². The third-order valence-corrected chi connectivity index (χ3v) is 13.6. The molecule has 2 aliphatic rings. The molecule has 4 nitrogen and oxygen atoms in total. The van der Waals surface area contributed by atoms with Crippen molar-refractivity contribution in [1.82, 2.24) is 9.97 Å². The van der Waals surface area contributed by atoms with Gasteiger partial charge in [0.1, 0.15) is 0 Å². The largest absolute Gasteiger partial charge is 0.512 e. The van der Waals surface area contributed by atoms with Crippen LogP contribution in [-0.2, 0) is 24.9 Å². The maximum Gasteiger partial charge on any atom is 0.246 e. The molecule has 1 unspecified atom stereocenters. The molecule has 7 heteroatoms. The molecule has 0 aliphatic heterocycles. The van der Waals surface area contributed by atoms with Gasteiger partial charge in [0.2, 0.25) is 5.92 Å². The van der Waals surface area contributed by atoms with Crippen molar-refractivity contribution in [2.75, 3.05) is 0 Å². The average molecular weight is 1090 g/mol. The fourth-order valence-corrected chi connectivity index (χ4v) is 10.1. The van der Waals surface area contributed by atoms with E-state index in [4.69, 9.17) is 2.74 Å². The molecule has 2 fully saturated rings. The Morgan fingerprint density at radius 2 is 1.19 bits per heavy atom. The van der Waals surface area contributed by atoms with Crippen molar-refractivity contribution in [3.8, 4) is 22.5 Å². The zero-order valence-corrected chi connectivity index (χ0v) is 43.4. The number of ketones is 1. The molecule has 2 aliphatic carbocycles. The van der Waals surface area contributed by atoms with Crippen LogP contribution in [0.2, 0.25) is 0 Å². The summed E-state index contributed by atoms with van der Waals surface area (Å²) in [6, 6.07) is 31.1. The third-order valence-electron chi connectivity index (χ3n) is 13.6. The van der Waals surface area contributed by atoms with E-state index < -0.39 is 18.3 Å². The zero-order chi connectivity index (χ0) is 49.1. The Balaban J connectivity index is 0.000000196. The van der Waals surface area contributed by atoms with E-state index in [1.54, 1.807) is 6.92 Å². The maximum absolute atomic E-state index is 12.9. The summed E-state index contributed by atoms with van der Waals surface area (Å²) in [5.41, 5.74) is 11.3. The number of benzene rings is 4. The second kappa shape index (κ2) is 25.1. The van der Waals surface area contributed by atoms with Crippen LogP contribution in [-0.4, -0.2) is 26.8 Å². The minimum Gasteiger partial charge on any atom is -0.512 e. The van der Waals surface area contributed by atoms with Gasteiger partial charge >= 0.3 is 0 Å². The maximum atomic E-state index is 12.9. The molecule has 2 heterocycles. The van der Waals surface area contributed by atoms with Crippen molar-refractivity contribution < 1.29 is 41.5 Å². The number of carbonyl (C=O) groups is 1. The van der Waals surface area contributed by atoms with Crippen molar-refractivity contribution in [3.63, 3.8) is 0 Å². The van der Waals surface area contributed by atoms with Gasteiger partial charge in [-0.3, -0.25) is 4.79 Å². The Morgan fingerprint density at radius 1 is 0.716 bits per heavy atom. The predicted molar refractivity (Wildman–Crippen MR) is 271 cm³/mol. The van der Waals surface area contributed by atoms with Crippen LogP contribution in [0.15, 0.2) is 97.0 Å². The van der Waals surface area contributed by atoms with Gasteiger partial charge in [0.05, 0.1) is 8.50 Å². The Hall–Kier alpha value is -4.58. The van der Waals surface area contributed by atoms with Gasteiger partial charge in [0.15, 0.2) is 5.78 Å². The fraction of sp³-hybridized carbons (Fsp3) is 0.450. The Kier molecular flexibility index (Phi) is 18.9. The van der Waals surface area contributed by atoms with Gasteiger partial charge < -0.3 is 15.1 Å². The SMILES string of the molecule is CCC(CC)C(=O)/C=C(\O)C(CC)CC(C)(F)F.Cc1[c-]c(-c2nccc3cc(C4CCCCC4)ccc23)cc(C)c1.[2H]c1nc(-c2[c-]c(C)cc(C)c2)c2ccc(C3CCCCC3)cc2c1[2H].[Ir]. The molecule has 1 radical (unpaired) electrons. The smallest absolute Gasteiger partial charge is 0.246 e. The standard InChI is InChI=1S/2C23H24N.C14H24F2O2.Ir/c2*1-16-12-17(2)14-21(13-16)23-22-9-8-19(15-20(22)10-11-24-23)18-6-4-3-5-7-18;1-5-10(6-2)12(17)8-13(18)11(7-3)9-14(4,15)16;/h2*8-13,15,18H,3-7H2,1-2H3;8,10-11,18H,5-7,9H2,1-4H3;/q2*-1;;/b;;13-8-;/i10D,11D;;;. The number of halogens is 2. The summed E-state index contributed by atoms with van der Waals surface area (Å²) in [6.45, 7) is 14.7. The van der Waals surface area contributed by atoms with E-state index in [2.05, 4.69) is 110 Å². The van der Waals surface area contributed by atoms with Crippen molar-refractivity contribution in [2.45, 2.75) is 163 Å². The molecule has 6 aromatic rings. The molecule has 2 saturated carbocycles. The number of carbonyl (C=O) groups excluding carboxylic acids is 1. The second-order valence-electron chi connectivity index (χ2n) is 19.2. The molecule has 1 N–H and O–H groups in total. The molecule has 0 bridgehead atoms. The second-order valence-corrected chi connectivity index (χ2v) is 19.2. The van der Waals surface area contributed by atoms with Crippen LogP contribution < -0.4 is 0 Å². The first kappa shape index (κ1) is 50.3. The minimum absolute atomic E-state index is 0. The number of aliphatic hydroxyl groups is 1. The van der Waals surface area contributed by atoms with E-state index in [1.807, 2.05) is 27.0 Å². The predicted octanol–water partition coefficient (Wildman–Crippen LogP) is 17.2. The molecular weight excluding hydrogens is 1010 g/mol. The number of allylic oxidation sites excluding steroid dienone is 2. The van der Waals surface area contributed by atoms with E-state index in [-0.39, 0.29) is 49.8 Å². The van der Waals surface area contributed by atoms with Gasteiger partial charge in [0.25, 0.3) is 0 Å². The van der Waals surface area contributed by atoms with E-state index >= 15 is 0 Å². The Bertz CT molecular complexity index is 2660. The number of alkyl halides is 2. The van der Waals surface area contributed by atoms with Gasteiger partial charge in [0, 0.05) is 56.8 Å². The first-order valence-corrected chi connectivity index (χ1v) is 24.6. The fourth-order valence-electron chi connectivity index (χ4n) is 10.1. The number of aryl methyl sites for hydroxylation is 4. The number of fused-ring (bicyclic) bond motifs is 2. The van der Waals surface area contributed by atoms with E-state index in [0.717, 1.165) is 63.3 Å². The van der Waals surface area contributed by atoms with Crippen LogP contribution in [0.1, 0.15) is 166 Å². The van der Waals surface area contributed by atoms with Crippen molar-refractivity contribution >= 4 is 27.3 Å². The molecular formula is C60H72F2IrN2O2-2. The normalized spacial score (nSPS) is 15.7. The monoisotopic (exact) mass is 1090 g/mol. The summed E-state index contributed by atoms with van der Waals surface area (Å²) in [4.78, 5) is 20.9. The Labute approximate surface area is 416 Å². The molecule has 0 spiro atoms. The average Bonchev–Trinajstić information content (AvgIpc) is 3.32. The molecule has 2 aromatic heterocycles. The van der Waals surface area contributed by atoms with Gasteiger partial charge in [-0.1, -0.05) is 123 Å². The van der Waals surface area contributed by atoms with Gasteiger partial charge in [-0.05, 0) is 120 Å². The summed E-state index contributed by atoms with van der Waals surface area (Å²) < 4.78 is 42.4. The van der Waals surface area contributed by atoms with Crippen LogP contribution in [0, 0.1) is 51.7 Å². The zero-order valence-electron chi connectivity index (χ0n) is 43.1. The number of hydrogen-bond donors (Lipinski definition) is 1. The molecule has 1 atom stereocenters.